The lowest BCUT2D eigenvalue weighted by atomic mass is 10.1. The summed E-state index contributed by atoms with van der Waals surface area (Å²) < 4.78 is 36.0. The van der Waals surface area contributed by atoms with Crippen LogP contribution >= 0.6 is 0 Å². The van der Waals surface area contributed by atoms with Crippen molar-refractivity contribution in [1.29, 1.82) is 0 Å². The van der Waals surface area contributed by atoms with Crippen molar-refractivity contribution < 1.29 is 23.0 Å². The Morgan fingerprint density at radius 3 is 2.61 bits per heavy atom. The second kappa shape index (κ2) is 7.18. The van der Waals surface area contributed by atoms with Crippen LogP contribution in [0.5, 0.6) is 0 Å². The normalized spacial score (nSPS) is 12.4. The summed E-state index contributed by atoms with van der Waals surface area (Å²) in [7, 11) is 0. The molecule has 0 saturated carbocycles. The van der Waals surface area contributed by atoms with E-state index < -0.39 is 17.7 Å². The number of benzene rings is 1. The molecule has 0 bridgehead atoms. The Balaban J connectivity index is 2.54. The van der Waals surface area contributed by atoms with Gasteiger partial charge < -0.3 is 9.47 Å². The molecule has 5 heteroatoms. The SMILES string of the molecule is CCOCCOC(C)C(=O)c1ccc(F)c(F)c1. The molecule has 0 N–H and O–H groups in total. The molecule has 1 atom stereocenters. The number of rotatable bonds is 7. The minimum Gasteiger partial charge on any atom is -0.379 e. The molecule has 0 aliphatic heterocycles. The van der Waals surface area contributed by atoms with Crippen LogP contribution in [-0.4, -0.2) is 31.7 Å². The van der Waals surface area contributed by atoms with Gasteiger partial charge in [0.2, 0.25) is 0 Å². The maximum Gasteiger partial charge on any atom is 0.191 e. The first-order valence-corrected chi connectivity index (χ1v) is 5.74. The first-order chi connectivity index (χ1) is 8.56. The molecule has 1 aromatic carbocycles. The molecule has 0 heterocycles. The Hall–Kier alpha value is -1.33. The highest BCUT2D eigenvalue weighted by molar-refractivity contribution is 5.99. The van der Waals surface area contributed by atoms with Crippen LogP contribution in [0.2, 0.25) is 0 Å². The summed E-state index contributed by atoms with van der Waals surface area (Å²) in [4.78, 5) is 11.8. The molecule has 18 heavy (non-hydrogen) atoms. The van der Waals surface area contributed by atoms with Gasteiger partial charge in [-0.15, -0.1) is 0 Å². The van der Waals surface area contributed by atoms with Crippen molar-refractivity contribution in [2.75, 3.05) is 19.8 Å². The third-order valence-electron chi connectivity index (χ3n) is 2.37. The van der Waals surface area contributed by atoms with E-state index in [2.05, 4.69) is 0 Å². The van der Waals surface area contributed by atoms with Crippen LogP contribution in [0.4, 0.5) is 8.78 Å². The van der Waals surface area contributed by atoms with E-state index in [9.17, 15) is 13.6 Å². The van der Waals surface area contributed by atoms with Crippen molar-refractivity contribution in [2.45, 2.75) is 20.0 Å². The number of Topliss-reactive ketones (excluding diaryl/α,β-unsaturated/α-hetero) is 1. The standard InChI is InChI=1S/C13H16F2O3/c1-3-17-6-7-18-9(2)13(16)10-4-5-11(14)12(15)8-10/h4-5,8-9H,3,6-7H2,1-2H3. The molecule has 0 aromatic heterocycles. The lowest BCUT2D eigenvalue weighted by Gasteiger charge is -2.12. The number of halogens is 2. The van der Waals surface area contributed by atoms with Crippen molar-refractivity contribution >= 4 is 5.78 Å². The van der Waals surface area contributed by atoms with E-state index in [0.717, 1.165) is 12.1 Å². The Bertz CT molecular complexity index is 407. The summed E-state index contributed by atoms with van der Waals surface area (Å²) in [6.07, 6.45) is -0.713. The molecule has 1 unspecified atom stereocenters. The Morgan fingerprint density at radius 2 is 2.00 bits per heavy atom. The molecule has 1 rings (SSSR count). The molecule has 0 fully saturated rings. The quantitative estimate of drug-likeness (QED) is 0.557. The van der Waals surface area contributed by atoms with Crippen LogP contribution in [0.1, 0.15) is 24.2 Å². The van der Waals surface area contributed by atoms with Crippen LogP contribution in [-0.2, 0) is 9.47 Å². The van der Waals surface area contributed by atoms with Crippen molar-refractivity contribution in [3.8, 4) is 0 Å². The molecule has 0 saturated heterocycles. The van der Waals surface area contributed by atoms with Gasteiger partial charge in [-0.05, 0) is 32.0 Å². The molecular weight excluding hydrogens is 242 g/mol. The summed E-state index contributed by atoms with van der Waals surface area (Å²) in [5.41, 5.74) is 0.0952. The molecule has 0 aliphatic carbocycles. The average Bonchev–Trinajstić information content (AvgIpc) is 2.37. The van der Waals surface area contributed by atoms with Crippen LogP contribution < -0.4 is 0 Å². The van der Waals surface area contributed by atoms with Gasteiger partial charge in [0.25, 0.3) is 0 Å². The highest BCUT2D eigenvalue weighted by Crippen LogP contribution is 2.11. The fourth-order valence-electron chi connectivity index (χ4n) is 1.39. The smallest absolute Gasteiger partial charge is 0.191 e. The number of hydrogen-bond acceptors (Lipinski definition) is 3. The van der Waals surface area contributed by atoms with E-state index >= 15 is 0 Å². The summed E-state index contributed by atoms with van der Waals surface area (Å²) in [6.45, 7) is 4.68. The zero-order valence-corrected chi connectivity index (χ0v) is 10.4. The van der Waals surface area contributed by atoms with E-state index in [0.29, 0.717) is 13.2 Å². The van der Waals surface area contributed by atoms with Crippen LogP contribution in [0, 0.1) is 11.6 Å². The second-order valence-corrected chi connectivity index (χ2v) is 3.70. The van der Waals surface area contributed by atoms with Gasteiger partial charge in [-0.3, -0.25) is 4.79 Å². The molecule has 3 nitrogen and oxygen atoms in total. The van der Waals surface area contributed by atoms with E-state index in [1.54, 1.807) is 6.92 Å². The Labute approximate surface area is 105 Å². The number of ether oxygens (including phenoxy) is 2. The van der Waals surface area contributed by atoms with Gasteiger partial charge in [0.15, 0.2) is 17.4 Å². The zero-order chi connectivity index (χ0) is 13.5. The predicted molar refractivity (Wildman–Crippen MR) is 62.6 cm³/mol. The highest BCUT2D eigenvalue weighted by atomic mass is 19.2. The van der Waals surface area contributed by atoms with Gasteiger partial charge in [-0.25, -0.2) is 8.78 Å². The number of carbonyl (C=O) groups excluding carboxylic acids is 1. The fraction of sp³-hybridized carbons (Fsp3) is 0.462. The Morgan fingerprint density at radius 1 is 1.28 bits per heavy atom. The van der Waals surface area contributed by atoms with E-state index in [-0.39, 0.29) is 18.0 Å². The van der Waals surface area contributed by atoms with Gasteiger partial charge >= 0.3 is 0 Å². The highest BCUT2D eigenvalue weighted by Gasteiger charge is 2.17. The van der Waals surface area contributed by atoms with E-state index in [1.165, 1.54) is 6.07 Å². The predicted octanol–water partition coefficient (Wildman–Crippen LogP) is 2.59. The summed E-state index contributed by atoms with van der Waals surface area (Å²) in [6, 6.07) is 3.04. The maximum absolute atomic E-state index is 13.0. The molecule has 0 amide bonds. The third kappa shape index (κ3) is 4.16. The largest absolute Gasteiger partial charge is 0.379 e. The molecule has 1 aromatic rings. The van der Waals surface area contributed by atoms with Gasteiger partial charge in [0, 0.05) is 12.2 Å². The number of carbonyl (C=O) groups is 1. The van der Waals surface area contributed by atoms with Crippen LogP contribution in [0.15, 0.2) is 18.2 Å². The van der Waals surface area contributed by atoms with Gasteiger partial charge in [0.05, 0.1) is 13.2 Å². The first kappa shape index (κ1) is 14.7. The summed E-state index contributed by atoms with van der Waals surface area (Å²) in [5, 5.41) is 0. The monoisotopic (exact) mass is 258 g/mol. The van der Waals surface area contributed by atoms with E-state index in [4.69, 9.17) is 9.47 Å². The number of ketones is 1. The van der Waals surface area contributed by atoms with Crippen molar-refractivity contribution in [1.82, 2.24) is 0 Å². The number of hydrogen-bond donors (Lipinski definition) is 0. The molecule has 100 valence electrons. The Kier molecular flexibility index (Phi) is 5.88. The minimum absolute atomic E-state index is 0.0952. The van der Waals surface area contributed by atoms with Crippen LogP contribution in [0.3, 0.4) is 0 Å². The maximum atomic E-state index is 13.0. The molecular formula is C13H16F2O3. The molecule has 0 spiro atoms. The van der Waals surface area contributed by atoms with Crippen LogP contribution in [0.25, 0.3) is 0 Å². The zero-order valence-electron chi connectivity index (χ0n) is 10.4. The molecule has 0 aliphatic rings. The minimum atomic E-state index is -1.04. The lowest BCUT2D eigenvalue weighted by molar-refractivity contribution is 0.0174. The van der Waals surface area contributed by atoms with Crippen molar-refractivity contribution in [3.63, 3.8) is 0 Å². The van der Waals surface area contributed by atoms with E-state index in [1.807, 2.05) is 6.92 Å². The summed E-state index contributed by atoms with van der Waals surface area (Å²) in [5.74, 6) is -2.40. The second-order valence-electron chi connectivity index (χ2n) is 3.70. The lowest BCUT2D eigenvalue weighted by Crippen LogP contribution is -2.23. The van der Waals surface area contributed by atoms with Crippen molar-refractivity contribution in [3.05, 3.63) is 35.4 Å². The topological polar surface area (TPSA) is 35.5 Å². The summed E-state index contributed by atoms with van der Waals surface area (Å²) >= 11 is 0. The van der Waals surface area contributed by atoms with Crippen molar-refractivity contribution in [2.24, 2.45) is 0 Å². The van der Waals surface area contributed by atoms with Gasteiger partial charge in [-0.2, -0.15) is 0 Å². The van der Waals surface area contributed by atoms with Gasteiger partial charge in [-0.1, -0.05) is 0 Å². The fourth-order valence-corrected chi connectivity index (χ4v) is 1.39. The third-order valence-corrected chi connectivity index (χ3v) is 2.37. The first-order valence-electron chi connectivity index (χ1n) is 5.74. The van der Waals surface area contributed by atoms with Gasteiger partial charge in [0.1, 0.15) is 6.10 Å². The average molecular weight is 258 g/mol. The molecule has 0 radical (unpaired) electrons.